The average Bonchev–Trinajstić information content (AvgIpc) is 3.02. The molecule has 0 aromatic heterocycles. The van der Waals surface area contributed by atoms with Crippen molar-refractivity contribution in [2.45, 2.75) is 65.2 Å². The maximum atomic E-state index is 13.9. The lowest BCUT2D eigenvalue weighted by molar-refractivity contribution is 0.0592. The summed E-state index contributed by atoms with van der Waals surface area (Å²) in [6.07, 6.45) is 7.73. The molecule has 0 saturated carbocycles. The predicted octanol–water partition coefficient (Wildman–Crippen LogP) is 10.4. The number of unbranched alkanes of at least 4 members (excludes halogenated alkanes) is 6. The van der Waals surface area contributed by atoms with Gasteiger partial charge in [0.1, 0.15) is 0 Å². The van der Waals surface area contributed by atoms with Crippen LogP contribution in [0.2, 0.25) is 0 Å². The van der Waals surface area contributed by atoms with Crippen molar-refractivity contribution >= 4 is 115 Å². The van der Waals surface area contributed by atoms with Crippen molar-refractivity contribution in [2.24, 2.45) is 0 Å². The van der Waals surface area contributed by atoms with Gasteiger partial charge in [0.2, 0.25) is 0 Å². The number of benzene rings is 5. The molecular weight excluding hydrogens is 764 g/mol. The van der Waals surface area contributed by atoms with E-state index in [2.05, 4.69) is 61.6 Å². The molecule has 9 heteroatoms. The average molecular weight is 795 g/mol. The summed E-state index contributed by atoms with van der Waals surface area (Å²) < 4.78 is 2.14. The first-order valence-corrected chi connectivity index (χ1v) is 18.1. The van der Waals surface area contributed by atoms with Gasteiger partial charge in [-0.05, 0) is 42.5 Å². The standard InChI is InChI=1S/C36H31Br3N2O4/c1-3-5-7-9-13-40-33(42)19-12-11-18-28-23(37)15-21-27-22(36(45)41(35(21)44)14-10-8-6-4-2)17-25(39)31(32(27)28)30-24(38)16-20(34(40)43)26(19)29(18)30/h11-12,15-17H,3-10,13-14H2,1-2H3. The molecule has 2 aliphatic rings. The van der Waals surface area contributed by atoms with Crippen LogP contribution in [0.3, 0.4) is 0 Å². The Kier molecular flexibility index (Phi) is 8.02. The topological polar surface area (TPSA) is 74.8 Å². The fraction of sp³-hybridized carbons (Fsp3) is 0.333. The molecule has 0 radical (unpaired) electrons. The van der Waals surface area contributed by atoms with Crippen molar-refractivity contribution in [1.29, 1.82) is 0 Å². The van der Waals surface area contributed by atoms with Gasteiger partial charge < -0.3 is 0 Å². The first-order valence-electron chi connectivity index (χ1n) is 15.7. The molecule has 0 aliphatic carbocycles. The molecule has 0 fully saturated rings. The van der Waals surface area contributed by atoms with Crippen molar-refractivity contribution in [3.8, 4) is 0 Å². The Morgan fingerprint density at radius 2 is 0.889 bits per heavy atom. The summed E-state index contributed by atoms with van der Waals surface area (Å²) in [6.45, 7) is 5.04. The van der Waals surface area contributed by atoms with Crippen LogP contribution in [0.15, 0.2) is 43.7 Å². The van der Waals surface area contributed by atoms with E-state index in [1.807, 2.05) is 30.3 Å². The fourth-order valence-electron chi connectivity index (χ4n) is 7.31. The van der Waals surface area contributed by atoms with Crippen molar-refractivity contribution < 1.29 is 19.2 Å². The molecule has 0 saturated heterocycles. The minimum absolute atomic E-state index is 0.270. The zero-order valence-electron chi connectivity index (χ0n) is 25.1. The van der Waals surface area contributed by atoms with Crippen molar-refractivity contribution in [3.05, 3.63) is 66.0 Å². The number of nitrogens with zero attached hydrogens (tertiary/aromatic N) is 2. The van der Waals surface area contributed by atoms with Crippen LogP contribution in [0.4, 0.5) is 0 Å². The second kappa shape index (κ2) is 11.7. The van der Waals surface area contributed by atoms with Gasteiger partial charge in [-0.25, -0.2) is 0 Å². The number of imide groups is 2. The first-order chi connectivity index (χ1) is 21.7. The minimum atomic E-state index is -0.283. The fourth-order valence-corrected chi connectivity index (χ4v) is 9.20. The van der Waals surface area contributed by atoms with Gasteiger partial charge in [0.25, 0.3) is 23.6 Å². The zero-order chi connectivity index (χ0) is 31.7. The molecule has 4 amide bonds. The highest BCUT2D eigenvalue weighted by Gasteiger charge is 2.38. The third kappa shape index (κ3) is 4.51. The number of rotatable bonds is 10. The quantitative estimate of drug-likeness (QED) is 0.0611. The van der Waals surface area contributed by atoms with Crippen LogP contribution in [0.1, 0.15) is 107 Å². The molecule has 5 aromatic rings. The lowest BCUT2D eigenvalue weighted by atomic mass is 9.82. The Morgan fingerprint density at radius 1 is 0.467 bits per heavy atom. The zero-order valence-corrected chi connectivity index (χ0v) is 29.9. The van der Waals surface area contributed by atoms with Gasteiger partial charge in [-0.1, -0.05) is 106 Å². The molecule has 230 valence electrons. The first kappa shape index (κ1) is 30.8. The highest BCUT2D eigenvalue weighted by atomic mass is 79.9. The number of amides is 4. The van der Waals surface area contributed by atoms with Gasteiger partial charge >= 0.3 is 0 Å². The minimum Gasteiger partial charge on any atom is -0.274 e. The molecule has 0 unspecified atom stereocenters. The monoisotopic (exact) mass is 792 g/mol. The number of carbonyl (C=O) groups is 4. The number of fused-ring (bicyclic) bond motifs is 2. The number of hydrogen-bond donors (Lipinski definition) is 0. The molecule has 0 bridgehead atoms. The van der Waals surface area contributed by atoms with Crippen LogP contribution in [0, 0.1) is 0 Å². The Morgan fingerprint density at radius 3 is 1.38 bits per heavy atom. The van der Waals surface area contributed by atoms with Gasteiger partial charge in [-0.15, -0.1) is 0 Å². The van der Waals surface area contributed by atoms with Gasteiger partial charge in [0, 0.05) is 86.5 Å². The summed E-state index contributed by atoms with van der Waals surface area (Å²) in [6, 6.07) is 9.25. The number of halogens is 3. The van der Waals surface area contributed by atoms with Crippen LogP contribution in [0.5, 0.6) is 0 Å². The molecule has 7 rings (SSSR count). The van der Waals surface area contributed by atoms with Crippen LogP contribution < -0.4 is 0 Å². The number of hydrogen-bond acceptors (Lipinski definition) is 4. The molecule has 2 heterocycles. The Hall–Kier alpha value is -2.88. The van der Waals surface area contributed by atoms with Gasteiger partial charge in [-0.3, -0.25) is 29.0 Å². The van der Waals surface area contributed by atoms with Crippen LogP contribution in [-0.4, -0.2) is 46.5 Å². The smallest absolute Gasteiger partial charge is 0.261 e. The highest BCUT2D eigenvalue weighted by molar-refractivity contribution is 9.11. The third-order valence-electron chi connectivity index (χ3n) is 9.44. The van der Waals surface area contributed by atoms with Crippen molar-refractivity contribution in [1.82, 2.24) is 9.80 Å². The van der Waals surface area contributed by atoms with E-state index >= 15 is 0 Å². The Bertz CT molecular complexity index is 2100. The molecule has 0 N–H and O–H groups in total. The lowest BCUT2D eigenvalue weighted by Gasteiger charge is -2.31. The lowest BCUT2D eigenvalue weighted by Crippen LogP contribution is -2.41. The SMILES string of the molecule is CCCCCCN1C(=O)c2ccc3c4c(Br)cc5c6c(cc(Br)c(c7c(Br)cc(c2c37)C1=O)c64)C(=O)N(CCCCCC)C5=O. The molecule has 45 heavy (non-hydrogen) atoms. The van der Waals surface area contributed by atoms with E-state index in [4.69, 9.17) is 0 Å². The van der Waals surface area contributed by atoms with Crippen molar-refractivity contribution in [3.63, 3.8) is 0 Å². The summed E-state index contributed by atoms with van der Waals surface area (Å²) in [7, 11) is 0. The van der Waals surface area contributed by atoms with E-state index in [0.717, 1.165) is 88.2 Å². The Labute approximate surface area is 286 Å². The maximum absolute atomic E-state index is 13.9. The van der Waals surface area contributed by atoms with Crippen LogP contribution in [-0.2, 0) is 0 Å². The summed E-state index contributed by atoms with van der Waals surface area (Å²) >= 11 is 11.4. The molecule has 5 aromatic carbocycles. The summed E-state index contributed by atoms with van der Waals surface area (Å²) in [4.78, 5) is 58.2. The molecule has 2 aliphatic heterocycles. The van der Waals surface area contributed by atoms with E-state index in [-0.39, 0.29) is 23.6 Å². The van der Waals surface area contributed by atoms with Gasteiger partial charge in [0.05, 0.1) is 0 Å². The van der Waals surface area contributed by atoms with Crippen LogP contribution >= 0.6 is 47.8 Å². The Balaban J connectivity index is 1.49. The second-order valence-electron chi connectivity index (χ2n) is 12.1. The molecule has 0 spiro atoms. The van der Waals surface area contributed by atoms with Gasteiger partial charge in [-0.2, -0.15) is 0 Å². The summed E-state index contributed by atoms with van der Waals surface area (Å²) in [5.74, 6) is -1.12. The number of carbonyl (C=O) groups excluding carboxylic acids is 4. The summed E-state index contributed by atoms with van der Waals surface area (Å²) in [5, 5.41) is 6.25. The van der Waals surface area contributed by atoms with E-state index in [0.29, 0.717) is 55.1 Å². The van der Waals surface area contributed by atoms with Crippen molar-refractivity contribution in [2.75, 3.05) is 13.1 Å². The predicted molar refractivity (Wildman–Crippen MR) is 190 cm³/mol. The van der Waals surface area contributed by atoms with E-state index in [1.165, 1.54) is 9.80 Å². The van der Waals surface area contributed by atoms with E-state index in [9.17, 15) is 19.2 Å². The normalized spacial score (nSPS) is 14.9. The maximum Gasteiger partial charge on any atom is 0.261 e. The van der Waals surface area contributed by atoms with Crippen LogP contribution in [0.25, 0.3) is 43.1 Å². The molecule has 6 nitrogen and oxygen atoms in total. The third-order valence-corrected chi connectivity index (χ3v) is 11.3. The summed E-state index contributed by atoms with van der Waals surface area (Å²) in [5.41, 5.74) is 2.00. The van der Waals surface area contributed by atoms with E-state index < -0.39 is 0 Å². The largest absolute Gasteiger partial charge is 0.274 e. The molecule has 0 atom stereocenters. The van der Waals surface area contributed by atoms with E-state index in [1.54, 1.807) is 0 Å². The molecular formula is C36H31Br3N2O4. The highest BCUT2D eigenvalue weighted by Crippen LogP contribution is 2.52. The second-order valence-corrected chi connectivity index (χ2v) is 14.7. The van der Waals surface area contributed by atoms with Gasteiger partial charge in [0.15, 0.2) is 0 Å².